The average Bonchev–Trinajstić information content (AvgIpc) is 2.74. The molecule has 0 amide bonds. The zero-order chi connectivity index (χ0) is 11.5. The molecule has 2 heterocycles. The molecule has 0 radical (unpaired) electrons. The standard InChI is InChI=1S/C12H12N2OS/c1-8-11(3-5-16-8)12(15)9-2-4-14-10(6-9)7-13/h2-6H,7,13H2,1H3. The third kappa shape index (κ3) is 2.03. The van der Waals surface area contributed by atoms with Crippen molar-refractivity contribution in [3.8, 4) is 0 Å². The van der Waals surface area contributed by atoms with E-state index in [1.54, 1.807) is 29.7 Å². The fourth-order valence-corrected chi connectivity index (χ4v) is 2.20. The maximum atomic E-state index is 12.1. The molecule has 3 nitrogen and oxygen atoms in total. The Balaban J connectivity index is 2.38. The minimum absolute atomic E-state index is 0.0378. The van der Waals surface area contributed by atoms with Crippen molar-refractivity contribution in [1.29, 1.82) is 0 Å². The quantitative estimate of drug-likeness (QED) is 0.825. The summed E-state index contributed by atoms with van der Waals surface area (Å²) in [6, 6.07) is 5.32. The van der Waals surface area contributed by atoms with Gasteiger partial charge in [0.1, 0.15) is 0 Å². The molecule has 4 heteroatoms. The van der Waals surface area contributed by atoms with Crippen LogP contribution >= 0.6 is 11.3 Å². The van der Waals surface area contributed by atoms with Gasteiger partial charge in [0.15, 0.2) is 5.78 Å². The molecule has 0 fully saturated rings. The molecule has 2 aromatic rings. The lowest BCUT2D eigenvalue weighted by Crippen LogP contribution is -2.05. The van der Waals surface area contributed by atoms with Crippen LogP contribution in [0.3, 0.4) is 0 Å². The van der Waals surface area contributed by atoms with Gasteiger partial charge in [-0.05, 0) is 30.5 Å². The molecule has 0 atom stereocenters. The Kier molecular flexibility index (Phi) is 3.12. The minimum atomic E-state index is 0.0378. The fourth-order valence-electron chi connectivity index (χ4n) is 1.51. The minimum Gasteiger partial charge on any atom is -0.325 e. The summed E-state index contributed by atoms with van der Waals surface area (Å²) in [6.45, 7) is 2.30. The number of carbonyl (C=O) groups excluding carboxylic acids is 1. The van der Waals surface area contributed by atoms with Gasteiger partial charge >= 0.3 is 0 Å². The Labute approximate surface area is 97.9 Å². The number of thiophene rings is 1. The van der Waals surface area contributed by atoms with E-state index >= 15 is 0 Å². The van der Waals surface area contributed by atoms with Crippen LogP contribution in [0.4, 0.5) is 0 Å². The van der Waals surface area contributed by atoms with Gasteiger partial charge in [0, 0.05) is 28.7 Å². The number of aryl methyl sites for hydroxylation is 1. The lowest BCUT2D eigenvalue weighted by Gasteiger charge is -2.02. The highest BCUT2D eigenvalue weighted by atomic mass is 32.1. The van der Waals surface area contributed by atoms with Gasteiger partial charge in [-0.1, -0.05) is 0 Å². The number of aromatic nitrogens is 1. The van der Waals surface area contributed by atoms with Crippen LogP contribution in [-0.2, 0) is 6.54 Å². The Bertz CT molecular complexity index is 519. The van der Waals surface area contributed by atoms with Crippen molar-refractivity contribution in [2.75, 3.05) is 0 Å². The monoisotopic (exact) mass is 232 g/mol. The summed E-state index contributed by atoms with van der Waals surface area (Å²) in [7, 11) is 0. The second-order valence-corrected chi connectivity index (χ2v) is 4.58. The topological polar surface area (TPSA) is 56.0 Å². The maximum absolute atomic E-state index is 12.1. The Hall–Kier alpha value is -1.52. The van der Waals surface area contributed by atoms with E-state index < -0.39 is 0 Å². The van der Waals surface area contributed by atoms with Crippen molar-refractivity contribution < 1.29 is 4.79 Å². The van der Waals surface area contributed by atoms with Crippen LogP contribution in [0.2, 0.25) is 0 Å². The van der Waals surface area contributed by atoms with Crippen molar-refractivity contribution in [3.05, 3.63) is 51.5 Å². The normalized spacial score (nSPS) is 10.4. The first-order chi connectivity index (χ1) is 7.72. The first-order valence-corrected chi connectivity index (χ1v) is 5.84. The summed E-state index contributed by atoms with van der Waals surface area (Å²) in [6.07, 6.45) is 1.62. The summed E-state index contributed by atoms with van der Waals surface area (Å²) < 4.78 is 0. The molecule has 0 aromatic carbocycles. The zero-order valence-electron chi connectivity index (χ0n) is 8.93. The molecule has 2 rings (SSSR count). The van der Waals surface area contributed by atoms with E-state index in [0.29, 0.717) is 12.1 Å². The first kappa shape index (κ1) is 11.0. The highest BCUT2D eigenvalue weighted by Gasteiger charge is 2.12. The second kappa shape index (κ2) is 4.55. The Morgan fingerprint density at radius 2 is 2.31 bits per heavy atom. The molecule has 0 saturated heterocycles. The average molecular weight is 232 g/mol. The summed E-state index contributed by atoms with van der Waals surface area (Å²) in [5.74, 6) is 0.0378. The van der Waals surface area contributed by atoms with Crippen LogP contribution in [0.25, 0.3) is 0 Å². The van der Waals surface area contributed by atoms with Crippen LogP contribution in [0, 0.1) is 6.92 Å². The fraction of sp³-hybridized carbons (Fsp3) is 0.167. The number of hydrogen-bond acceptors (Lipinski definition) is 4. The second-order valence-electron chi connectivity index (χ2n) is 3.46. The van der Waals surface area contributed by atoms with Gasteiger partial charge in [-0.25, -0.2) is 0 Å². The summed E-state index contributed by atoms with van der Waals surface area (Å²) >= 11 is 1.58. The summed E-state index contributed by atoms with van der Waals surface area (Å²) in [5.41, 5.74) is 7.64. The number of hydrogen-bond donors (Lipinski definition) is 1. The van der Waals surface area contributed by atoms with E-state index in [9.17, 15) is 4.79 Å². The van der Waals surface area contributed by atoms with Gasteiger partial charge < -0.3 is 5.73 Å². The van der Waals surface area contributed by atoms with E-state index in [1.807, 2.05) is 18.4 Å². The third-order valence-corrected chi connectivity index (χ3v) is 3.24. The van der Waals surface area contributed by atoms with Crippen LogP contribution in [0.1, 0.15) is 26.5 Å². The molecule has 0 bridgehead atoms. The predicted octanol–water partition coefficient (Wildman–Crippen LogP) is 2.14. The van der Waals surface area contributed by atoms with Gasteiger partial charge in [0.2, 0.25) is 0 Å². The van der Waals surface area contributed by atoms with Crippen molar-refractivity contribution in [2.24, 2.45) is 5.73 Å². The molecule has 0 aliphatic heterocycles. The third-order valence-electron chi connectivity index (χ3n) is 2.39. The predicted molar refractivity (Wildman–Crippen MR) is 64.6 cm³/mol. The summed E-state index contributed by atoms with van der Waals surface area (Å²) in [5, 5.41) is 1.92. The highest BCUT2D eigenvalue weighted by Crippen LogP contribution is 2.19. The number of rotatable bonds is 3. The molecular formula is C12H12N2OS. The summed E-state index contributed by atoms with van der Waals surface area (Å²) in [4.78, 5) is 17.2. The van der Waals surface area contributed by atoms with Gasteiger partial charge in [0.05, 0.1) is 5.69 Å². The number of pyridine rings is 1. The Morgan fingerprint density at radius 1 is 1.50 bits per heavy atom. The van der Waals surface area contributed by atoms with E-state index in [4.69, 9.17) is 5.73 Å². The molecule has 0 unspecified atom stereocenters. The van der Waals surface area contributed by atoms with Gasteiger partial charge in [0.25, 0.3) is 0 Å². The zero-order valence-corrected chi connectivity index (χ0v) is 9.75. The number of ketones is 1. The number of nitrogens with two attached hydrogens (primary N) is 1. The molecule has 82 valence electrons. The largest absolute Gasteiger partial charge is 0.325 e. The van der Waals surface area contributed by atoms with Gasteiger partial charge in [-0.3, -0.25) is 9.78 Å². The van der Waals surface area contributed by atoms with E-state index in [-0.39, 0.29) is 5.78 Å². The molecule has 0 aliphatic carbocycles. The number of nitrogens with zero attached hydrogens (tertiary/aromatic N) is 1. The smallest absolute Gasteiger partial charge is 0.194 e. The van der Waals surface area contributed by atoms with Crippen molar-refractivity contribution in [3.63, 3.8) is 0 Å². The van der Waals surface area contributed by atoms with E-state index in [2.05, 4.69) is 4.98 Å². The van der Waals surface area contributed by atoms with E-state index in [0.717, 1.165) is 16.1 Å². The van der Waals surface area contributed by atoms with Crippen molar-refractivity contribution >= 4 is 17.1 Å². The molecular weight excluding hydrogens is 220 g/mol. The first-order valence-electron chi connectivity index (χ1n) is 4.96. The van der Waals surface area contributed by atoms with Gasteiger partial charge in [-0.15, -0.1) is 11.3 Å². The van der Waals surface area contributed by atoms with Crippen molar-refractivity contribution in [2.45, 2.75) is 13.5 Å². The van der Waals surface area contributed by atoms with E-state index in [1.165, 1.54) is 0 Å². The molecule has 0 saturated carbocycles. The molecule has 16 heavy (non-hydrogen) atoms. The lowest BCUT2D eigenvalue weighted by molar-refractivity contribution is 0.103. The molecule has 0 aliphatic rings. The maximum Gasteiger partial charge on any atom is 0.194 e. The Morgan fingerprint density at radius 3 is 2.94 bits per heavy atom. The van der Waals surface area contributed by atoms with Crippen LogP contribution in [0.5, 0.6) is 0 Å². The van der Waals surface area contributed by atoms with Crippen LogP contribution < -0.4 is 5.73 Å². The molecule has 0 spiro atoms. The van der Waals surface area contributed by atoms with Crippen molar-refractivity contribution in [1.82, 2.24) is 4.98 Å². The molecule has 2 N–H and O–H groups in total. The highest BCUT2D eigenvalue weighted by molar-refractivity contribution is 7.10. The molecule has 2 aromatic heterocycles. The van der Waals surface area contributed by atoms with Crippen LogP contribution in [0.15, 0.2) is 29.8 Å². The van der Waals surface area contributed by atoms with Gasteiger partial charge in [-0.2, -0.15) is 0 Å². The lowest BCUT2D eigenvalue weighted by atomic mass is 10.0. The SMILES string of the molecule is Cc1sccc1C(=O)c1ccnc(CN)c1. The van der Waals surface area contributed by atoms with Crippen LogP contribution in [-0.4, -0.2) is 10.8 Å². The number of carbonyl (C=O) groups is 1.